The van der Waals surface area contributed by atoms with Crippen molar-refractivity contribution >= 4 is 11.4 Å². The number of aliphatic hydroxyl groups is 2. The van der Waals surface area contributed by atoms with Gasteiger partial charge in [-0.15, -0.1) is 0 Å². The first-order valence-electron chi connectivity index (χ1n) is 5.12. The van der Waals surface area contributed by atoms with Crippen molar-refractivity contribution < 1.29 is 10.2 Å². The third kappa shape index (κ3) is 4.03. The molecule has 0 spiro atoms. The molecule has 6 nitrogen and oxygen atoms in total. The van der Waals surface area contributed by atoms with Crippen LogP contribution in [0.2, 0.25) is 0 Å². The minimum atomic E-state index is 0.0340. The molecule has 0 bridgehead atoms. The minimum absolute atomic E-state index is 0.0340. The summed E-state index contributed by atoms with van der Waals surface area (Å²) in [4.78, 5) is 0. The Bertz CT molecular complexity index is 283. The highest BCUT2D eigenvalue weighted by atomic mass is 16.3. The average Bonchev–Trinajstić information content (AvgIpc) is 2.31. The smallest absolute Gasteiger partial charge is 0.0703 e. The fourth-order valence-electron chi connectivity index (χ4n) is 1.19. The summed E-state index contributed by atoms with van der Waals surface area (Å²) < 4.78 is 0. The van der Waals surface area contributed by atoms with Crippen molar-refractivity contribution in [3.05, 3.63) is 24.3 Å². The highest BCUT2D eigenvalue weighted by Gasteiger charge is 2.03. The molecule has 0 aliphatic heterocycles. The Morgan fingerprint density at radius 2 is 1.50 bits per heavy atom. The molecule has 0 unspecified atom stereocenters. The normalized spacial score (nSPS) is 10.4. The van der Waals surface area contributed by atoms with Gasteiger partial charge in [-0.2, -0.15) is 0 Å². The van der Waals surface area contributed by atoms with Crippen LogP contribution in [0, 0.1) is 0 Å². The van der Waals surface area contributed by atoms with E-state index >= 15 is 0 Å². The summed E-state index contributed by atoms with van der Waals surface area (Å²) >= 11 is 0. The van der Waals surface area contributed by atoms with Gasteiger partial charge < -0.3 is 15.9 Å². The van der Waals surface area contributed by atoms with Gasteiger partial charge in [0.25, 0.3) is 0 Å². The summed E-state index contributed by atoms with van der Waals surface area (Å²) in [7, 11) is 0. The summed E-state index contributed by atoms with van der Waals surface area (Å²) in [5.74, 6) is 0. The standard InChI is InChI=1S/C10H18N4O2/c11-9-1-3-10(4-2-9)14(12-5-7-15)13-6-8-16/h1-4,12-13,15-16H,5-8,11H2. The molecular weight excluding hydrogens is 208 g/mol. The lowest BCUT2D eigenvalue weighted by atomic mass is 10.3. The summed E-state index contributed by atoms with van der Waals surface area (Å²) in [6.07, 6.45) is 0. The zero-order chi connectivity index (χ0) is 11.8. The van der Waals surface area contributed by atoms with Gasteiger partial charge in [-0.1, -0.05) is 0 Å². The van der Waals surface area contributed by atoms with E-state index in [4.69, 9.17) is 15.9 Å². The van der Waals surface area contributed by atoms with Crippen molar-refractivity contribution in [2.24, 2.45) is 0 Å². The van der Waals surface area contributed by atoms with Crippen molar-refractivity contribution in [2.75, 3.05) is 37.2 Å². The van der Waals surface area contributed by atoms with Crippen LogP contribution in [0.1, 0.15) is 0 Å². The summed E-state index contributed by atoms with van der Waals surface area (Å²) in [6.45, 7) is 0.907. The zero-order valence-electron chi connectivity index (χ0n) is 9.06. The third-order valence-corrected chi connectivity index (χ3v) is 1.91. The quantitative estimate of drug-likeness (QED) is 0.305. The largest absolute Gasteiger partial charge is 0.399 e. The van der Waals surface area contributed by atoms with Crippen molar-refractivity contribution in [2.45, 2.75) is 0 Å². The Kier molecular flexibility index (Phi) is 5.58. The minimum Gasteiger partial charge on any atom is -0.399 e. The van der Waals surface area contributed by atoms with Crippen LogP contribution < -0.4 is 21.7 Å². The molecule has 90 valence electrons. The molecule has 1 aromatic carbocycles. The molecule has 0 radical (unpaired) electrons. The molecule has 1 aromatic rings. The molecule has 0 aromatic heterocycles. The maximum atomic E-state index is 8.75. The van der Waals surface area contributed by atoms with Crippen LogP contribution in [0.3, 0.4) is 0 Å². The van der Waals surface area contributed by atoms with Crippen LogP contribution in [0.15, 0.2) is 24.3 Å². The molecule has 6 heteroatoms. The van der Waals surface area contributed by atoms with Crippen LogP contribution in [0.4, 0.5) is 11.4 Å². The Morgan fingerprint density at radius 1 is 1.00 bits per heavy atom. The molecule has 0 fully saturated rings. The van der Waals surface area contributed by atoms with E-state index in [2.05, 4.69) is 10.9 Å². The molecule has 6 N–H and O–H groups in total. The molecule has 1 rings (SSSR count). The number of aliphatic hydroxyl groups excluding tert-OH is 2. The number of nitrogens with zero attached hydrogens (tertiary/aromatic N) is 1. The molecule has 0 atom stereocenters. The van der Waals surface area contributed by atoms with E-state index in [1.54, 1.807) is 17.3 Å². The van der Waals surface area contributed by atoms with E-state index in [0.29, 0.717) is 18.8 Å². The maximum absolute atomic E-state index is 8.75. The van der Waals surface area contributed by atoms with Crippen molar-refractivity contribution in [3.63, 3.8) is 0 Å². The van der Waals surface area contributed by atoms with Gasteiger partial charge in [-0.3, -0.25) is 0 Å². The summed E-state index contributed by atoms with van der Waals surface area (Å²) in [5, 5.41) is 19.1. The highest BCUT2D eigenvalue weighted by Crippen LogP contribution is 2.12. The van der Waals surface area contributed by atoms with Crippen LogP contribution in [-0.2, 0) is 0 Å². The first kappa shape index (κ1) is 12.7. The van der Waals surface area contributed by atoms with Crippen molar-refractivity contribution in [1.82, 2.24) is 10.9 Å². The Hall–Kier alpha value is -1.34. The Morgan fingerprint density at radius 3 is 1.94 bits per heavy atom. The lowest BCUT2D eigenvalue weighted by Crippen LogP contribution is -2.50. The molecule has 0 saturated carbocycles. The Labute approximate surface area is 94.6 Å². The number of hydrazine groups is 2. The number of benzene rings is 1. The van der Waals surface area contributed by atoms with Crippen LogP contribution in [0.5, 0.6) is 0 Å². The molecule has 0 saturated heterocycles. The number of anilines is 2. The van der Waals surface area contributed by atoms with Gasteiger partial charge in [0, 0.05) is 18.8 Å². The molecule has 0 heterocycles. The first-order chi connectivity index (χ1) is 7.77. The van der Waals surface area contributed by atoms with E-state index in [-0.39, 0.29) is 13.2 Å². The van der Waals surface area contributed by atoms with E-state index < -0.39 is 0 Å². The third-order valence-electron chi connectivity index (χ3n) is 1.91. The number of hydrogen-bond acceptors (Lipinski definition) is 6. The predicted octanol–water partition coefficient (Wildman–Crippen LogP) is -0.931. The lowest BCUT2D eigenvalue weighted by Gasteiger charge is -2.25. The average molecular weight is 226 g/mol. The van der Waals surface area contributed by atoms with Gasteiger partial charge in [0.2, 0.25) is 0 Å². The maximum Gasteiger partial charge on any atom is 0.0703 e. The van der Waals surface area contributed by atoms with E-state index in [0.717, 1.165) is 5.69 Å². The summed E-state index contributed by atoms with van der Waals surface area (Å²) in [5.41, 5.74) is 13.1. The second-order valence-corrected chi connectivity index (χ2v) is 3.19. The SMILES string of the molecule is Nc1ccc(N(NCCO)NCCO)cc1. The number of hydrogen-bond donors (Lipinski definition) is 5. The monoisotopic (exact) mass is 226 g/mol. The number of nitrogen functional groups attached to an aromatic ring is 1. The fourth-order valence-corrected chi connectivity index (χ4v) is 1.19. The van der Waals surface area contributed by atoms with Crippen LogP contribution in [0.25, 0.3) is 0 Å². The number of nitrogens with two attached hydrogens (primary N) is 1. The van der Waals surface area contributed by atoms with E-state index in [9.17, 15) is 0 Å². The van der Waals surface area contributed by atoms with Gasteiger partial charge in [-0.25, -0.2) is 16.0 Å². The van der Waals surface area contributed by atoms with Gasteiger partial charge in [0.1, 0.15) is 0 Å². The highest BCUT2D eigenvalue weighted by molar-refractivity contribution is 5.51. The second kappa shape index (κ2) is 7.02. The summed E-state index contributed by atoms with van der Waals surface area (Å²) in [6, 6.07) is 7.24. The van der Waals surface area contributed by atoms with Gasteiger partial charge in [0.05, 0.1) is 18.9 Å². The van der Waals surface area contributed by atoms with Crippen LogP contribution in [-0.4, -0.2) is 36.5 Å². The van der Waals surface area contributed by atoms with Crippen LogP contribution >= 0.6 is 0 Å². The molecule has 0 aliphatic rings. The molecule has 0 amide bonds. The number of rotatable bonds is 7. The van der Waals surface area contributed by atoms with Gasteiger partial charge in [0.15, 0.2) is 0 Å². The predicted molar refractivity (Wildman–Crippen MR) is 63.5 cm³/mol. The lowest BCUT2D eigenvalue weighted by molar-refractivity contribution is 0.272. The molecule has 0 aliphatic carbocycles. The van der Waals surface area contributed by atoms with Gasteiger partial charge >= 0.3 is 0 Å². The van der Waals surface area contributed by atoms with E-state index in [1.165, 1.54) is 0 Å². The first-order valence-corrected chi connectivity index (χ1v) is 5.12. The topological polar surface area (TPSA) is 93.8 Å². The molecule has 16 heavy (non-hydrogen) atoms. The van der Waals surface area contributed by atoms with Crippen molar-refractivity contribution in [3.8, 4) is 0 Å². The molecular formula is C10H18N4O2. The second-order valence-electron chi connectivity index (χ2n) is 3.19. The van der Waals surface area contributed by atoms with Crippen molar-refractivity contribution in [1.29, 1.82) is 0 Å². The van der Waals surface area contributed by atoms with E-state index in [1.807, 2.05) is 12.1 Å². The number of nitrogens with one attached hydrogen (secondary N) is 2. The Balaban J connectivity index is 2.62. The zero-order valence-corrected chi connectivity index (χ0v) is 9.06. The fraction of sp³-hybridized carbons (Fsp3) is 0.400. The van der Waals surface area contributed by atoms with Gasteiger partial charge in [-0.05, 0) is 24.3 Å².